The van der Waals surface area contributed by atoms with Crippen molar-refractivity contribution in [3.05, 3.63) is 48.2 Å². The van der Waals surface area contributed by atoms with Gasteiger partial charge in [0, 0.05) is 30.5 Å². The molecule has 0 aliphatic carbocycles. The van der Waals surface area contributed by atoms with E-state index in [0.717, 1.165) is 16.5 Å². The van der Waals surface area contributed by atoms with Crippen LogP contribution in [-0.4, -0.2) is 59.0 Å². The lowest BCUT2D eigenvalue weighted by Crippen LogP contribution is -2.57. The maximum atomic E-state index is 14.0. The molecule has 0 amide bonds. The van der Waals surface area contributed by atoms with Crippen LogP contribution in [0.3, 0.4) is 0 Å². The number of nitrogens with zero attached hydrogens (tertiary/aromatic N) is 1. The minimum Gasteiger partial charge on any atom is -0.459 e. The first-order valence-corrected chi connectivity index (χ1v) is 15.7. The molecule has 1 aromatic carbocycles. The number of ketones is 1. The molecule has 0 radical (unpaired) electrons. The summed E-state index contributed by atoms with van der Waals surface area (Å²) in [5, 5.41) is 13.0. The molecule has 0 spiro atoms. The van der Waals surface area contributed by atoms with Crippen LogP contribution in [0.2, 0.25) is 0 Å². The summed E-state index contributed by atoms with van der Waals surface area (Å²) in [6, 6.07) is 9.96. The van der Waals surface area contributed by atoms with Crippen LogP contribution >= 0.6 is 0 Å². The van der Waals surface area contributed by atoms with Crippen molar-refractivity contribution in [2.75, 3.05) is 13.7 Å². The second-order valence-corrected chi connectivity index (χ2v) is 13.7. The number of pyridine rings is 1. The Kier molecular flexibility index (Phi) is 11.4. The minimum atomic E-state index is -1.61. The van der Waals surface area contributed by atoms with Crippen molar-refractivity contribution < 1.29 is 28.9 Å². The van der Waals surface area contributed by atoms with Gasteiger partial charge in [-0.05, 0) is 62.1 Å². The van der Waals surface area contributed by atoms with E-state index in [1.54, 1.807) is 27.2 Å². The number of carbonyl (C=O) groups is 2. The summed E-state index contributed by atoms with van der Waals surface area (Å²) in [5.41, 5.74) is -0.743. The van der Waals surface area contributed by atoms with Gasteiger partial charge in [-0.15, -0.1) is 0 Å². The third kappa shape index (κ3) is 7.55. The summed E-state index contributed by atoms with van der Waals surface area (Å²) in [4.78, 5) is 31.9. The van der Waals surface area contributed by atoms with E-state index in [1.807, 2.05) is 63.3 Å². The Morgan fingerprint density at radius 1 is 1.07 bits per heavy atom. The summed E-state index contributed by atoms with van der Waals surface area (Å²) in [5.74, 6) is -1.68. The van der Waals surface area contributed by atoms with Gasteiger partial charge in [-0.1, -0.05) is 78.8 Å². The highest BCUT2D eigenvalue weighted by molar-refractivity contribution is 5.84. The van der Waals surface area contributed by atoms with Crippen LogP contribution in [0.4, 0.5) is 0 Å². The lowest BCUT2D eigenvalue weighted by Gasteiger charge is -2.49. The van der Waals surface area contributed by atoms with Gasteiger partial charge in [0.2, 0.25) is 0 Å². The van der Waals surface area contributed by atoms with Crippen LogP contribution in [0.1, 0.15) is 87.1 Å². The van der Waals surface area contributed by atoms with Crippen LogP contribution in [0.5, 0.6) is 0 Å². The molecule has 1 saturated heterocycles. The van der Waals surface area contributed by atoms with Crippen LogP contribution in [-0.2, 0) is 23.8 Å². The Balaban J connectivity index is 1.95. The van der Waals surface area contributed by atoms with Crippen molar-refractivity contribution in [2.45, 2.75) is 105 Å². The Hall–Kier alpha value is -2.61. The predicted octanol–water partition coefficient (Wildman–Crippen LogP) is 7.04. The fourth-order valence-electron chi connectivity index (χ4n) is 6.73. The van der Waals surface area contributed by atoms with Crippen molar-refractivity contribution in [1.29, 1.82) is 0 Å². The zero-order chi connectivity index (χ0) is 32.2. The fraction of sp³-hybridized carbons (Fsp3) is 0.639. The highest BCUT2D eigenvalue weighted by atomic mass is 16.6. The van der Waals surface area contributed by atoms with E-state index in [1.165, 1.54) is 0 Å². The van der Waals surface area contributed by atoms with Gasteiger partial charge in [0.1, 0.15) is 17.5 Å². The number of aromatic nitrogens is 1. The number of hydrogen-bond donors (Lipinski definition) is 1. The molecular weight excluding hydrogens is 542 g/mol. The molecule has 238 valence electrons. The third-order valence-corrected chi connectivity index (χ3v) is 10.4. The highest BCUT2D eigenvalue weighted by Gasteiger charge is 2.51. The normalized spacial score (nSPS) is 34.7. The molecule has 2 aromatic rings. The summed E-state index contributed by atoms with van der Waals surface area (Å²) in [6.45, 7) is 17.7. The molecule has 7 heteroatoms. The van der Waals surface area contributed by atoms with Crippen LogP contribution in [0, 0.1) is 29.1 Å². The van der Waals surface area contributed by atoms with E-state index in [-0.39, 0.29) is 41.5 Å². The third-order valence-electron chi connectivity index (χ3n) is 10.4. The molecule has 2 heterocycles. The van der Waals surface area contributed by atoms with Crippen LogP contribution < -0.4 is 0 Å². The smallest absolute Gasteiger partial charge is 0.309 e. The summed E-state index contributed by atoms with van der Waals surface area (Å²) in [7, 11) is 1.69. The molecule has 0 bridgehead atoms. The number of methoxy groups -OCH3 is 1. The van der Waals surface area contributed by atoms with Gasteiger partial charge in [0.25, 0.3) is 0 Å². The zero-order valence-electron chi connectivity index (χ0n) is 27.8. The van der Waals surface area contributed by atoms with Gasteiger partial charge in [0.15, 0.2) is 0 Å². The number of benzene rings is 1. The number of Topliss-reactive ketones (excluding diaryl/α,β-unsaturated/α-hetero) is 1. The molecule has 1 aromatic heterocycles. The number of cyclic esters (lactones) is 1. The van der Waals surface area contributed by atoms with Gasteiger partial charge in [-0.3, -0.25) is 14.6 Å². The number of carbonyl (C=O) groups excluding carboxylic acids is 2. The molecule has 7 nitrogen and oxygen atoms in total. The zero-order valence-corrected chi connectivity index (χ0v) is 27.8. The maximum absolute atomic E-state index is 14.0. The van der Waals surface area contributed by atoms with Gasteiger partial charge in [-0.25, -0.2) is 0 Å². The van der Waals surface area contributed by atoms with Gasteiger partial charge < -0.3 is 19.3 Å². The standard InChI is InChI=1S/C36H53NO6/c1-11-30-36(9,40)32(42-18-14-15-27-20-28-16-12-13-17-29(28)37-22-27)26(5)31(38)24(3)21-35(8,41-10)34(6,7)25(4)19-23(2)33(39)43-30/h12-17,20,22-26,30,32,40H,11,18-19,21H2,1-10H3/b15-14+/t23-,24-,25+,26+,30-,32-,35-,36-/m1/s1. The number of esters is 1. The molecule has 1 aliphatic rings. The van der Waals surface area contributed by atoms with Crippen molar-refractivity contribution in [1.82, 2.24) is 4.98 Å². The molecule has 1 fully saturated rings. The average molecular weight is 596 g/mol. The molecule has 8 atom stereocenters. The number of ether oxygens (including phenoxy) is 3. The van der Waals surface area contributed by atoms with Crippen molar-refractivity contribution in [3.63, 3.8) is 0 Å². The SMILES string of the molecule is CC[C@H]1OC(=O)[C@H](C)C[C@H](C)C(C)(C)[C@](C)(OC)C[C@@H](C)C(=O)[C@H](C)[C@@H](OC/C=C/c2cnc3ccccc3c2)[C@]1(C)O. The monoisotopic (exact) mass is 595 g/mol. The van der Waals surface area contributed by atoms with E-state index in [0.29, 0.717) is 19.3 Å². The van der Waals surface area contributed by atoms with Crippen molar-refractivity contribution >= 4 is 28.7 Å². The lowest BCUT2D eigenvalue weighted by molar-refractivity contribution is -0.199. The van der Waals surface area contributed by atoms with E-state index in [9.17, 15) is 14.7 Å². The minimum absolute atomic E-state index is 0.0219. The maximum Gasteiger partial charge on any atom is 0.309 e. The molecule has 1 aliphatic heterocycles. The Morgan fingerprint density at radius 2 is 1.74 bits per heavy atom. The summed E-state index contributed by atoms with van der Waals surface area (Å²) in [6.07, 6.45) is 5.28. The molecule has 3 rings (SSSR count). The highest BCUT2D eigenvalue weighted by Crippen LogP contribution is 2.47. The Bertz CT molecular complexity index is 1290. The van der Waals surface area contributed by atoms with Gasteiger partial charge >= 0.3 is 5.97 Å². The largest absolute Gasteiger partial charge is 0.459 e. The molecule has 0 saturated carbocycles. The number of fused-ring (bicyclic) bond motifs is 1. The molecule has 1 N–H and O–H groups in total. The van der Waals surface area contributed by atoms with E-state index in [4.69, 9.17) is 14.2 Å². The predicted molar refractivity (Wildman–Crippen MR) is 171 cm³/mol. The number of aliphatic hydroxyl groups is 1. The lowest BCUT2D eigenvalue weighted by atomic mass is 9.62. The Morgan fingerprint density at radius 3 is 2.40 bits per heavy atom. The van der Waals surface area contributed by atoms with Crippen molar-refractivity contribution in [3.8, 4) is 0 Å². The van der Waals surface area contributed by atoms with Gasteiger partial charge in [0.05, 0.1) is 29.7 Å². The second kappa shape index (κ2) is 14.0. The first-order chi connectivity index (χ1) is 20.1. The molecular formula is C36H53NO6. The van der Waals surface area contributed by atoms with Crippen LogP contribution in [0.15, 0.2) is 42.6 Å². The van der Waals surface area contributed by atoms with E-state index in [2.05, 4.69) is 32.7 Å². The van der Waals surface area contributed by atoms with E-state index >= 15 is 0 Å². The number of hydrogen-bond acceptors (Lipinski definition) is 7. The van der Waals surface area contributed by atoms with Gasteiger partial charge in [-0.2, -0.15) is 0 Å². The fourth-order valence-corrected chi connectivity index (χ4v) is 6.73. The molecule has 0 unspecified atom stereocenters. The number of rotatable bonds is 6. The second-order valence-electron chi connectivity index (χ2n) is 13.7. The van der Waals surface area contributed by atoms with Crippen LogP contribution in [0.25, 0.3) is 17.0 Å². The summed E-state index contributed by atoms with van der Waals surface area (Å²) >= 11 is 0. The summed E-state index contributed by atoms with van der Waals surface area (Å²) < 4.78 is 18.4. The Labute approximate surface area is 258 Å². The number of para-hydroxylation sites is 1. The first-order valence-electron chi connectivity index (χ1n) is 15.7. The first kappa shape index (κ1) is 34.9. The topological polar surface area (TPSA) is 95.0 Å². The average Bonchev–Trinajstić information content (AvgIpc) is 2.97. The van der Waals surface area contributed by atoms with E-state index < -0.39 is 29.3 Å². The van der Waals surface area contributed by atoms with Crippen molar-refractivity contribution in [2.24, 2.45) is 29.1 Å². The quantitative estimate of drug-likeness (QED) is 0.358. The molecule has 43 heavy (non-hydrogen) atoms.